The maximum absolute atomic E-state index is 11.7. The smallest absolute Gasteiger partial charge is 0.144 e. The van der Waals surface area contributed by atoms with Gasteiger partial charge in [-0.05, 0) is 81.0 Å². The van der Waals surface area contributed by atoms with E-state index in [0.717, 1.165) is 55.9 Å². The van der Waals surface area contributed by atoms with E-state index in [0.29, 0.717) is 5.75 Å². The van der Waals surface area contributed by atoms with E-state index in [1.165, 1.54) is 27.8 Å². The van der Waals surface area contributed by atoms with E-state index in [1.54, 1.807) is 0 Å². The van der Waals surface area contributed by atoms with E-state index in [2.05, 4.69) is 162 Å². The van der Waals surface area contributed by atoms with Crippen molar-refractivity contribution in [3.63, 3.8) is 0 Å². The summed E-state index contributed by atoms with van der Waals surface area (Å²) in [7, 11) is 2.04. The highest BCUT2D eigenvalue weighted by molar-refractivity contribution is 5.95. The Morgan fingerprint density at radius 1 is 0.580 bits per heavy atom. The summed E-state index contributed by atoms with van der Waals surface area (Å²) in [5.74, 6) is 1.05. The Kier molecular flexibility index (Phi) is 8.22. The molecule has 0 aliphatic carbocycles. The Morgan fingerprint density at radius 3 is 1.92 bits per heavy atom. The van der Waals surface area contributed by atoms with Crippen LogP contribution in [0.1, 0.15) is 58.2 Å². The van der Waals surface area contributed by atoms with E-state index >= 15 is 0 Å². The third kappa shape index (κ3) is 6.11. The van der Waals surface area contributed by atoms with Gasteiger partial charge < -0.3 is 9.67 Å². The molecule has 4 heteroatoms. The molecule has 1 N–H and O–H groups in total. The predicted molar refractivity (Wildman–Crippen MR) is 209 cm³/mol. The molecule has 0 atom stereocenters. The van der Waals surface area contributed by atoms with Crippen molar-refractivity contribution in [2.75, 3.05) is 0 Å². The summed E-state index contributed by atoms with van der Waals surface area (Å²) >= 11 is 0. The molecule has 7 rings (SSSR count). The standard InChI is InChI=1S/C46H45N3O/c1-29-28-47-40(27-37(29)32-22-20-31(21-23-32)30-14-10-9-11-15-30)34-17-12-16-33(24-34)36-18-13-19-41-42(36)48-44(49(41)8)38-25-35(45(2,3)4)26-39(43(38)50)46(5,6)7/h9-28,50H,1-8H3. The molecule has 0 radical (unpaired) electrons. The Morgan fingerprint density at radius 2 is 1.22 bits per heavy atom. The fourth-order valence-corrected chi connectivity index (χ4v) is 6.81. The van der Waals surface area contributed by atoms with Gasteiger partial charge in [0.15, 0.2) is 0 Å². The van der Waals surface area contributed by atoms with Gasteiger partial charge in [-0.3, -0.25) is 4.98 Å². The first-order chi connectivity index (χ1) is 23.8. The molecule has 0 unspecified atom stereocenters. The Hall–Kier alpha value is -5.48. The van der Waals surface area contributed by atoms with E-state index < -0.39 is 0 Å². The molecular weight excluding hydrogens is 611 g/mol. The van der Waals surface area contributed by atoms with Crippen LogP contribution in [0.25, 0.3) is 67.1 Å². The van der Waals surface area contributed by atoms with Crippen LogP contribution in [-0.2, 0) is 17.9 Å². The average molecular weight is 656 g/mol. The lowest BCUT2D eigenvalue weighted by atomic mass is 9.79. The number of rotatable bonds is 5. The van der Waals surface area contributed by atoms with Crippen LogP contribution >= 0.6 is 0 Å². The molecule has 0 amide bonds. The van der Waals surface area contributed by atoms with Crippen molar-refractivity contribution < 1.29 is 5.11 Å². The summed E-state index contributed by atoms with van der Waals surface area (Å²) in [6.07, 6.45) is 1.97. The van der Waals surface area contributed by atoms with Crippen molar-refractivity contribution >= 4 is 11.0 Å². The fraction of sp³-hybridized carbons (Fsp3) is 0.217. The molecule has 0 spiro atoms. The van der Waals surface area contributed by atoms with Gasteiger partial charge in [0.1, 0.15) is 11.6 Å². The maximum Gasteiger partial charge on any atom is 0.144 e. The molecular formula is C46H45N3O. The molecule has 7 aromatic rings. The van der Waals surface area contributed by atoms with E-state index in [4.69, 9.17) is 9.97 Å². The number of pyridine rings is 1. The number of phenols is 1. The molecule has 2 aromatic heterocycles. The minimum Gasteiger partial charge on any atom is -0.507 e. The number of benzene rings is 5. The van der Waals surface area contributed by atoms with Crippen LogP contribution in [-0.4, -0.2) is 19.6 Å². The fourth-order valence-electron chi connectivity index (χ4n) is 6.81. The lowest BCUT2D eigenvalue weighted by Crippen LogP contribution is -2.17. The van der Waals surface area contributed by atoms with Gasteiger partial charge in [-0.15, -0.1) is 0 Å². The maximum atomic E-state index is 11.7. The third-order valence-corrected chi connectivity index (χ3v) is 9.81. The second-order valence-electron chi connectivity index (χ2n) is 15.5. The van der Waals surface area contributed by atoms with Gasteiger partial charge in [0.05, 0.1) is 22.3 Å². The van der Waals surface area contributed by atoms with Crippen LogP contribution in [0.3, 0.4) is 0 Å². The summed E-state index contributed by atoms with van der Waals surface area (Å²) in [4.78, 5) is 10.1. The lowest BCUT2D eigenvalue weighted by molar-refractivity contribution is 0.446. The largest absolute Gasteiger partial charge is 0.507 e. The molecule has 4 nitrogen and oxygen atoms in total. The van der Waals surface area contributed by atoms with Gasteiger partial charge in [-0.1, -0.05) is 133 Å². The van der Waals surface area contributed by atoms with Gasteiger partial charge in [-0.25, -0.2) is 4.98 Å². The Balaban J connectivity index is 1.29. The van der Waals surface area contributed by atoms with Crippen molar-refractivity contribution in [2.45, 2.75) is 59.3 Å². The quantitative estimate of drug-likeness (QED) is 0.201. The number of aryl methyl sites for hydroxylation is 2. The van der Waals surface area contributed by atoms with Crippen molar-refractivity contribution in [3.05, 3.63) is 138 Å². The number of aromatic hydroxyl groups is 1. The highest BCUT2D eigenvalue weighted by atomic mass is 16.3. The first-order valence-corrected chi connectivity index (χ1v) is 17.4. The summed E-state index contributed by atoms with van der Waals surface area (Å²) in [6, 6.07) is 40.6. The number of phenolic OH excluding ortho intramolecular Hbond substituents is 1. The van der Waals surface area contributed by atoms with Gasteiger partial charge in [0, 0.05) is 29.9 Å². The van der Waals surface area contributed by atoms with Crippen LogP contribution in [0.5, 0.6) is 5.75 Å². The third-order valence-electron chi connectivity index (χ3n) is 9.81. The average Bonchev–Trinajstić information content (AvgIpc) is 3.44. The summed E-state index contributed by atoms with van der Waals surface area (Å²) in [6.45, 7) is 15.2. The van der Waals surface area contributed by atoms with Crippen LogP contribution in [0, 0.1) is 6.92 Å². The van der Waals surface area contributed by atoms with E-state index in [9.17, 15) is 5.11 Å². The summed E-state index contributed by atoms with van der Waals surface area (Å²) in [5, 5.41) is 11.7. The highest BCUT2D eigenvalue weighted by Crippen LogP contribution is 2.43. The van der Waals surface area contributed by atoms with Gasteiger partial charge >= 0.3 is 0 Å². The van der Waals surface area contributed by atoms with Crippen LogP contribution in [0.2, 0.25) is 0 Å². The van der Waals surface area contributed by atoms with Crippen molar-refractivity contribution in [1.29, 1.82) is 0 Å². The monoisotopic (exact) mass is 655 g/mol. The first kappa shape index (κ1) is 33.0. The molecule has 2 heterocycles. The minimum atomic E-state index is -0.230. The zero-order valence-electron chi connectivity index (χ0n) is 30.3. The number of hydrogen-bond donors (Lipinski definition) is 1. The molecule has 0 aliphatic heterocycles. The second-order valence-corrected chi connectivity index (χ2v) is 15.5. The number of para-hydroxylation sites is 1. The topological polar surface area (TPSA) is 50.9 Å². The zero-order chi connectivity index (χ0) is 35.4. The van der Waals surface area contributed by atoms with E-state index in [1.807, 2.05) is 19.3 Å². The Labute approximate surface area is 296 Å². The van der Waals surface area contributed by atoms with Crippen LogP contribution in [0.15, 0.2) is 121 Å². The minimum absolute atomic E-state index is 0.0892. The van der Waals surface area contributed by atoms with Crippen molar-refractivity contribution in [2.24, 2.45) is 7.05 Å². The highest BCUT2D eigenvalue weighted by Gasteiger charge is 2.27. The first-order valence-electron chi connectivity index (χ1n) is 17.4. The summed E-state index contributed by atoms with van der Waals surface area (Å²) in [5.41, 5.74) is 14.4. The van der Waals surface area contributed by atoms with Gasteiger partial charge in [0.25, 0.3) is 0 Å². The SMILES string of the molecule is Cc1cnc(-c2cccc(-c3cccc4c3nc(-c3cc(C(C)(C)C)cc(C(C)(C)C)c3O)n4C)c2)cc1-c1ccc(-c2ccccc2)cc1. The molecule has 5 aromatic carbocycles. The molecule has 50 heavy (non-hydrogen) atoms. The second kappa shape index (κ2) is 12.4. The number of fused-ring (bicyclic) bond motifs is 1. The lowest BCUT2D eigenvalue weighted by Gasteiger charge is -2.27. The number of aromatic nitrogens is 3. The zero-order valence-corrected chi connectivity index (χ0v) is 30.3. The number of hydrogen-bond acceptors (Lipinski definition) is 3. The number of imidazole rings is 1. The summed E-state index contributed by atoms with van der Waals surface area (Å²) < 4.78 is 2.10. The number of nitrogens with zero attached hydrogens (tertiary/aromatic N) is 3. The van der Waals surface area contributed by atoms with Crippen molar-refractivity contribution in [3.8, 4) is 61.8 Å². The molecule has 250 valence electrons. The molecule has 0 aliphatic rings. The van der Waals surface area contributed by atoms with Gasteiger partial charge in [0.2, 0.25) is 0 Å². The predicted octanol–water partition coefficient (Wildman–Crippen LogP) is 11.9. The molecule has 0 fully saturated rings. The van der Waals surface area contributed by atoms with Crippen LogP contribution < -0.4 is 0 Å². The molecule has 0 saturated heterocycles. The molecule has 0 saturated carbocycles. The van der Waals surface area contributed by atoms with Crippen LogP contribution in [0.4, 0.5) is 0 Å². The normalized spacial score (nSPS) is 12.1. The van der Waals surface area contributed by atoms with Gasteiger partial charge in [-0.2, -0.15) is 0 Å². The van der Waals surface area contributed by atoms with Crippen molar-refractivity contribution in [1.82, 2.24) is 14.5 Å². The molecule has 0 bridgehead atoms. The Bertz CT molecular complexity index is 2350. The van der Waals surface area contributed by atoms with E-state index in [-0.39, 0.29) is 10.8 Å².